The minimum atomic E-state index is -0.670. The fourth-order valence-electron chi connectivity index (χ4n) is 3.15. The molecule has 0 unspecified atom stereocenters. The quantitative estimate of drug-likeness (QED) is 0.702. The highest BCUT2D eigenvalue weighted by atomic mass is 35.5. The van der Waals surface area contributed by atoms with E-state index in [4.69, 9.17) is 27.9 Å². The molecule has 1 aliphatic heterocycles. The van der Waals surface area contributed by atoms with Crippen molar-refractivity contribution in [3.8, 4) is 0 Å². The zero-order chi connectivity index (χ0) is 21.0. The predicted molar refractivity (Wildman–Crippen MR) is 111 cm³/mol. The summed E-state index contributed by atoms with van der Waals surface area (Å²) in [6.45, 7) is 1.57. The number of nitrogens with one attached hydrogen (secondary N) is 1. The number of nitrogens with zero attached hydrogens (tertiary/aromatic N) is 1. The molecule has 1 saturated heterocycles. The van der Waals surface area contributed by atoms with E-state index in [1.165, 1.54) is 4.90 Å². The highest BCUT2D eigenvalue weighted by molar-refractivity contribution is 6.35. The summed E-state index contributed by atoms with van der Waals surface area (Å²) in [6, 6.07) is 14.0. The monoisotopic (exact) mass is 434 g/mol. The molecule has 0 radical (unpaired) electrons. The van der Waals surface area contributed by atoms with Gasteiger partial charge in [0.15, 0.2) is 6.61 Å². The zero-order valence-electron chi connectivity index (χ0n) is 15.7. The van der Waals surface area contributed by atoms with Crippen LogP contribution in [0.2, 0.25) is 10.0 Å². The Morgan fingerprint density at radius 3 is 2.66 bits per heavy atom. The van der Waals surface area contributed by atoms with Crippen LogP contribution in [0.4, 0.5) is 5.69 Å². The number of amides is 2. The minimum Gasteiger partial charge on any atom is -0.455 e. The van der Waals surface area contributed by atoms with Crippen molar-refractivity contribution < 1.29 is 19.1 Å². The van der Waals surface area contributed by atoms with Gasteiger partial charge in [0.25, 0.3) is 5.91 Å². The average Bonchev–Trinajstić information content (AvgIpc) is 3.10. The van der Waals surface area contributed by atoms with Gasteiger partial charge in [-0.05, 0) is 30.7 Å². The van der Waals surface area contributed by atoms with E-state index in [0.29, 0.717) is 15.7 Å². The first kappa shape index (κ1) is 21.1. The first-order valence-electron chi connectivity index (χ1n) is 9.11. The van der Waals surface area contributed by atoms with E-state index in [2.05, 4.69) is 5.32 Å². The van der Waals surface area contributed by atoms with Gasteiger partial charge in [-0.3, -0.25) is 14.4 Å². The number of hydrogen-bond donors (Lipinski definition) is 1. The molecule has 2 aromatic rings. The third-order valence-electron chi connectivity index (χ3n) is 4.68. The summed E-state index contributed by atoms with van der Waals surface area (Å²) >= 11 is 12.1. The lowest BCUT2D eigenvalue weighted by atomic mass is 10.1. The van der Waals surface area contributed by atoms with Gasteiger partial charge in [-0.25, -0.2) is 0 Å². The summed E-state index contributed by atoms with van der Waals surface area (Å²) in [6.07, 6.45) is -0.0102. The topological polar surface area (TPSA) is 75.7 Å². The maximum absolute atomic E-state index is 12.3. The third kappa shape index (κ3) is 5.28. The molecule has 6 nitrogen and oxygen atoms in total. The molecule has 1 heterocycles. The van der Waals surface area contributed by atoms with Crippen LogP contribution < -0.4 is 10.2 Å². The molecular weight excluding hydrogens is 415 g/mol. The van der Waals surface area contributed by atoms with Crippen LogP contribution in [0.1, 0.15) is 24.9 Å². The second kappa shape index (κ2) is 9.29. The van der Waals surface area contributed by atoms with Gasteiger partial charge in [0.1, 0.15) is 0 Å². The van der Waals surface area contributed by atoms with Gasteiger partial charge >= 0.3 is 5.97 Å². The van der Waals surface area contributed by atoms with E-state index in [1.807, 2.05) is 37.3 Å². The zero-order valence-corrected chi connectivity index (χ0v) is 17.2. The molecule has 1 aliphatic rings. The van der Waals surface area contributed by atoms with Crippen molar-refractivity contribution >= 4 is 46.7 Å². The Balaban J connectivity index is 1.53. The number of benzene rings is 2. The van der Waals surface area contributed by atoms with Crippen LogP contribution in [0.15, 0.2) is 48.5 Å². The summed E-state index contributed by atoms with van der Waals surface area (Å²) < 4.78 is 5.12. The maximum Gasteiger partial charge on any atom is 0.311 e. The molecule has 152 valence electrons. The fraction of sp³-hybridized carbons (Fsp3) is 0.286. The number of carbonyl (C=O) groups is 3. The standard InChI is InChI=1S/C21H20Cl2N2O4/c1-13(14-5-3-2-4-6-14)24-19(26)12-29-21(28)15-9-20(27)25(11-15)18-10-16(22)7-8-17(18)23/h2-8,10,13,15H,9,11-12H2,1H3,(H,24,26)/t13-,15+/m1/s1. The number of anilines is 1. The summed E-state index contributed by atoms with van der Waals surface area (Å²) in [7, 11) is 0. The van der Waals surface area contributed by atoms with Crippen LogP contribution in [0.25, 0.3) is 0 Å². The minimum absolute atomic E-state index is 0.0102. The molecule has 0 aromatic heterocycles. The molecule has 0 bridgehead atoms. The Labute approximate surface area is 178 Å². The third-order valence-corrected chi connectivity index (χ3v) is 5.23. The molecule has 1 fully saturated rings. The number of hydrogen-bond acceptors (Lipinski definition) is 4. The summed E-state index contributed by atoms with van der Waals surface area (Å²) in [4.78, 5) is 38.2. The molecule has 2 amide bonds. The Morgan fingerprint density at radius 1 is 1.21 bits per heavy atom. The number of rotatable bonds is 6. The van der Waals surface area contributed by atoms with Crippen LogP contribution in [0, 0.1) is 5.92 Å². The average molecular weight is 435 g/mol. The van der Waals surface area contributed by atoms with E-state index >= 15 is 0 Å². The normalized spacial score (nSPS) is 17.1. The Kier molecular flexibility index (Phi) is 6.77. The van der Waals surface area contributed by atoms with Crippen molar-refractivity contribution in [2.45, 2.75) is 19.4 Å². The fourth-order valence-corrected chi connectivity index (χ4v) is 3.54. The van der Waals surface area contributed by atoms with Crippen molar-refractivity contribution in [1.29, 1.82) is 0 Å². The predicted octanol–water partition coefficient (Wildman–Crippen LogP) is 3.77. The van der Waals surface area contributed by atoms with Crippen molar-refractivity contribution in [1.82, 2.24) is 5.32 Å². The lowest BCUT2D eigenvalue weighted by molar-refractivity contribution is -0.152. The Hall–Kier alpha value is -2.57. The van der Waals surface area contributed by atoms with Gasteiger partial charge in [0.05, 0.1) is 22.7 Å². The Morgan fingerprint density at radius 2 is 1.93 bits per heavy atom. The first-order valence-corrected chi connectivity index (χ1v) is 9.87. The van der Waals surface area contributed by atoms with Crippen molar-refractivity contribution in [2.24, 2.45) is 5.92 Å². The molecule has 29 heavy (non-hydrogen) atoms. The second-order valence-corrected chi connectivity index (χ2v) is 7.65. The van der Waals surface area contributed by atoms with Crippen molar-refractivity contribution in [2.75, 3.05) is 18.1 Å². The van der Waals surface area contributed by atoms with E-state index < -0.39 is 24.4 Å². The van der Waals surface area contributed by atoms with Crippen LogP contribution in [-0.2, 0) is 19.1 Å². The van der Waals surface area contributed by atoms with Gasteiger partial charge in [-0.2, -0.15) is 0 Å². The molecule has 0 saturated carbocycles. The number of ether oxygens (including phenoxy) is 1. The second-order valence-electron chi connectivity index (χ2n) is 6.81. The lowest BCUT2D eigenvalue weighted by Crippen LogP contribution is -2.32. The smallest absolute Gasteiger partial charge is 0.311 e. The van der Waals surface area contributed by atoms with Gasteiger partial charge in [-0.15, -0.1) is 0 Å². The van der Waals surface area contributed by atoms with E-state index in [9.17, 15) is 14.4 Å². The molecule has 2 aromatic carbocycles. The number of halogens is 2. The van der Waals surface area contributed by atoms with Gasteiger partial charge in [0.2, 0.25) is 5.91 Å². The molecule has 2 atom stereocenters. The van der Waals surface area contributed by atoms with E-state index in [1.54, 1.807) is 18.2 Å². The van der Waals surface area contributed by atoms with Gasteiger partial charge in [-0.1, -0.05) is 53.5 Å². The van der Waals surface area contributed by atoms with Gasteiger partial charge in [0, 0.05) is 18.0 Å². The summed E-state index contributed by atoms with van der Waals surface area (Å²) in [5.74, 6) is -1.93. The highest BCUT2D eigenvalue weighted by Gasteiger charge is 2.37. The maximum atomic E-state index is 12.3. The molecule has 0 aliphatic carbocycles. The molecule has 3 rings (SSSR count). The molecule has 1 N–H and O–H groups in total. The molecule has 0 spiro atoms. The van der Waals surface area contributed by atoms with Crippen LogP contribution in [0.5, 0.6) is 0 Å². The van der Waals surface area contributed by atoms with E-state index in [-0.39, 0.29) is 24.9 Å². The Bertz CT molecular complexity index is 920. The largest absolute Gasteiger partial charge is 0.455 e. The highest BCUT2D eigenvalue weighted by Crippen LogP contribution is 2.33. The number of esters is 1. The van der Waals surface area contributed by atoms with Crippen LogP contribution >= 0.6 is 23.2 Å². The molecular formula is C21H20Cl2N2O4. The first-order chi connectivity index (χ1) is 13.8. The number of carbonyl (C=O) groups excluding carboxylic acids is 3. The molecule has 8 heteroatoms. The van der Waals surface area contributed by atoms with Gasteiger partial charge < -0.3 is 15.0 Å². The lowest BCUT2D eigenvalue weighted by Gasteiger charge is -2.18. The van der Waals surface area contributed by atoms with Crippen molar-refractivity contribution in [3.63, 3.8) is 0 Å². The SMILES string of the molecule is C[C@@H](NC(=O)COC(=O)[C@H]1CC(=O)N(c2cc(Cl)ccc2Cl)C1)c1ccccc1. The van der Waals surface area contributed by atoms with Crippen LogP contribution in [0.3, 0.4) is 0 Å². The van der Waals surface area contributed by atoms with E-state index in [0.717, 1.165) is 5.56 Å². The summed E-state index contributed by atoms with van der Waals surface area (Å²) in [5.41, 5.74) is 1.40. The van der Waals surface area contributed by atoms with Crippen molar-refractivity contribution in [3.05, 3.63) is 64.1 Å². The summed E-state index contributed by atoms with van der Waals surface area (Å²) in [5, 5.41) is 3.58. The van der Waals surface area contributed by atoms with Crippen LogP contribution in [-0.4, -0.2) is 30.9 Å².